The molecule has 0 bridgehead atoms. The number of guanidine groups is 1. The number of amides is 3. The molecular formula is C27H42N6O5. The number of aldehydes is 1. The van der Waals surface area contributed by atoms with Gasteiger partial charge in [-0.25, -0.2) is 0 Å². The van der Waals surface area contributed by atoms with Crippen LogP contribution in [0.1, 0.15) is 64.4 Å². The Balaban J connectivity index is 2.14. The Kier molecular flexibility index (Phi) is 12.5. The molecule has 0 unspecified atom stereocenters. The second-order valence-corrected chi connectivity index (χ2v) is 10.00. The second-order valence-electron chi connectivity index (χ2n) is 10.00. The molecule has 11 heteroatoms. The van der Waals surface area contributed by atoms with E-state index >= 15 is 0 Å². The van der Waals surface area contributed by atoms with Crippen LogP contribution < -0.4 is 22.1 Å². The highest BCUT2D eigenvalue weighted by atomic mass is 16.3. The minimum Gasteiger partial charge on any atom is -0.508 e. The lowest BCUT2D eigenvalue weighted by Crippen LogP contribution is -2.55. The van der Waals surface area contributed by atoms with Crippen LogP contribution >= 0.6 is 0 Å². The lowest BCUT2D eigenvalue weighted by molar-refractivity contribution is -0.141. The number of likely N-dealkylation sites (tertiary alicyclic amines) is 1. The first-order valence-corrected chi connectivity index (χ1v) is 13.3. The van der Waals surface area contributed by atoms with Crippen molar-refractivity contribution in [1.29, 1.82) is 0 Å². The number of nitrogens with two attached hydrogens (primary N) is 2. The van der Waals surface area contributed by atoms with E-state index in [4.69, 9.17) is 11.5 Å². The number of hydrogen-bond donors (Lipinski definition) is 5. The molecule has 2 rings (SSSR count). The Morgan fingerprint density at radius 2 is 1.87 bits per heavy atom. The minimum absolute atomic E-state index is 0.0369. The van der Waals surface area contributed by atoms with Gasteiger partial charge in [0.2, 0.25) is 17.7 Å². The van der Waals surface area contributed by atoms with Crippen LogP contribution in [0, 0.1) is 5.92 Å². The van der Waals surface area contributed by atoms with E-state index in [2.05, 4.69) is 15.6 Å². The molecule has 0 aliphatic carbocycles. The van der Waals surface area contributed by atoms with Crippen LogP contribution in [-0.2, 0) is 25.6 Å². The zero-order chi connectivity index (χ0) is 28.1. The number of nitrogens with one attached hydrogen (secondary N) is 2. The van der Waals surface area contributed by atoms with Crippen molar-refractivity contribution in [3.05, 3.63) is 29.8 Å². The number of carbonyl (C=O) groups is 4. The van der Waals surface area contributed by atoms with Gasteiger partial charge in [-0.3, -0.25) is 19.4 Å². The molecule has 4 atom stereocenters. The normalized spacial score (nSPS) is 18.3. The second kappa shape index (κ2) is 15.6. The number of nitrogens with zero attached hydrogens (tertiary/aromatic N) is 2. The van der Waals surface area contributed by atoms with Crippen LogP contribution in [0.2, 0.25) is 0 Å². The lowest BCUT2D eigenvalue weighted by atomic mass is 10.0. The van der Waals surface area contributed by atoms with E-state index in [0.29, 0.717) is 45.1 Å². The molecule has 210 valence electrons. The highest BCUT2D eigenvalue weighted by Crippen LogP contribution is 2.25. The van der Waals surface area contributed by atoms with Gasteiger partial charge in [-0.05, 0) is 49.3 Å². The van der Waals surface area contributed by atoms with Crippen molar-refractivity contribution < 1.29 is 24.3 Å². The van der Waals surface area contributed by atoms with Gasteiger partial charge < -0.3 is 36.9 Å². The predicted molar refractivity (Wildman–Crippen MR) is 145 cm³/mol. The van der Waals surface area contributed by atoms with E-state index < -0.39 is 24.0 Å². The maximum atomic E-state index is 13.7. The maximum Gasteiger partial charge on any atom is 0.246 e. The highest BCUT2D eigenvalue weighted by molar-refractivity contribution is 5.93. The van der Waals surface area contributed by atoms with Gasteiger partial charge in [0.15, 0.2) is 5.96 Å². The molecule has 0 saturated carbocycles. The molecule has 11 nitrogen and oxygen atoms in total. The first kappa shape index (κ1) is 30.6. The molecule has 1 aliphatic heterocycles. The van der Waals surface area contributed by atoms with E-state index in [0.717, 1.165) is 24.8 Å². The number of rotatable bonds is 15. The monoisotopic (exact) mass is 530 g/mol. The average Bonchev–Trinajstić information content (AvgIpc) is 3.28. The molecule has 3 amide bonds. The van der Waals surface area contributed by atoms with E-state index in [1.807, 2.05) is 13.8 Å². The fraction of sp³-hybridized carbons (Fsp3) is 0.593. The molecule has 7 N–H and O–H groups in total. The van der Waals surface area contributed by atoms with Gasteiger partial charge in [0.1, 0.15) is 24.1 Å². The zero-order valence-electron chi connectivity index (χ0n) is 22.4. The molecule has 38 heavy (non-hydrogen) atoms. The van der Waals surface area contributed by atoms with Crippen LogP contribution in [0.4, 0.5) is 0 Å². The average molecular weight is 531 g/mol. The Hall–Kier alpha value is -3.63. The Bertz CT molecular complexity index is 963. The first-order valence-electron chi connectivity index (χ1n) is 13.3. The molecule has 1 aromatic rings. The van der Waals surface area contributed by atoms with Gasteiger partial charge in [-0.2, -0.15) is 0 Å². The van der Waals surface area contributed by atoms with Gasteiger partial charge >= 0.3 is 0 Å². The summed E-state index contributed by atoms with van der Waals surface area (Å²) in [6.45, 7) is 4.71. The number of phenolic OH excluding ortho intramolecular Hbond substituents is 1. The third-order valence-electron chi connectivity index (χ3n) is 6.57. The summed E-state index contributed by atoms with van der Waals surface area (Å²) in [5.41, 5.74) is 11.4. The van der Waals surface area contributed by atoms with E-state index in [1.165, 1.54) is 17.0 Å². The quantitative estimate of drug-likeness (QED) is 0.0969. The number of benzene rings is 1. The summed E-state index contributed by atoms with van der Waals surface area (Å²) in [5, 5.41) is 15.2. The highest BCUT2D eigenvalue weighted by Gasteiger charge is 2.41. The summed E-state index contributed by atoms with van der Waals surface area (Å²) in [6, 6.07) is 4.12. The third kappa shape index (κ3) is 10.0. The molecule has 1 fully saturated rings. The van der Waals surface area contributed by atoms with Crippen LogP contribution in [0.15, 0.2) is 29.3 Å². The SMILES string of the molecule is CCCCCC(=O)N[C@@H](Cc1ccc(O)cc1)C(=O)N1C[C@@H](C)C[C@H]1C(=O)N[C@H](C=O)CCCN=C(N)N. The number of aromatic hydroxyl groups is 1. The zero-order valence-corrected chi connectivity index (χ0v) is 22.4. The van der Waals surface area contributed by atoms with E-state index in [9.17, 15) is 24.3 Å². The van der Waals surface area contributed by atoms with Gasteiger partial charge in [0, 0.05) is 25.9 Å². The van der Waals surface area contributed by atoms with Crippen LogP contribution in [0.3, 0.4) is 0 Å². The van der Waals surface area contributed by atoms with Crippen molar-refractivity contribution >= 4 is 30.0 Å². The Labute approximate surface area is 224 Å². The van der Waals surface area contributed by atoms with Crippen molar-refractivity contribution in [1.82, 2.24) is 15.5 Å². The molecule has 1 aliphatic rings. The molecular weight excluding hydrogens is 488 g/mol. The minimum atomic E-state index is -0.865. The summed E-state index contributed by atoms with van der Waals surface area (Å²) < 4.78 is 0. The third-order valence-corrected chi connectivity index (χ3v) is 6.57. The summed E-state index contributed by atoms with van der Waals surface area (Å²) in [4.78, 5) is 56.6. The predicted octanol–water partition coefficient (Wildman–Crippen LogP) is 0.974. The molecule has 1 saturated heterocycles. The van der Waals surface area contributed by atoms with Crippen molar-refractivity contribution in [2.24, 2.45) is 22.4 Å². The van der Waals surface area contributed by atoms with Gasteiger partial charge in [-0.15, -0.1) is 0 Å². The molecule has 1 aromatic carbocycles. The van der Waals surface area contributed by atoms with E-state index in [1.54, 1.807) is 12.1 Å². The van der Waals surface area contributed by atoms with Crippen molar-refractivity contribution in [2.45, 2.75) is 83.3 Å². The smallest absolute Gasteiger partial charge is 0.246 e. The topological polar surface area (TPSA) is 180 Å². The molecule has 0 spiro atoms. The number of aliphatic imine (C=N–C) groups is 1. The van der Waals surface area contributed by atoms with Gasteiger partial charge in [0.05, 0.1) is 6.04 Å². The van der Waals surface area contributed by atoms with Gasteiger partial charge in [0.25, 0.3) is 0 Å². The van der Waals surface area contributed by atoms with Crippen molar-refractivity contribution in [2.75, 3.05) is 13.1 Å². The summed E-state index contributed by atoms with van der Waals surface area (Å²) in [5.74, 6) is -0.828. The summed E-state index contributed by atoms with van der Waals surface area (Å²) in [7, 11) is 0. The Morgan fingerprint density at radius 1 is 1.16 bits per heavy atom. The lowest BCUT2D eigenvalue weighted by Gasteiger charge is -2.29. The largest absolute Gasteiger partial charge is 0.508 e. The van der Waals surface area contributed by atoms with E-state index in [-0.39, 0.29) is 35.9 Å². The van der Waals surface area contributed by atoms with Crippen molar-refractivity contribution in [3.8, 4) is 5.75 Å². The number of unbranched alkanes of at least 4 members (excludes halogenated alkanes) is 2. The standard InChI is InChI=1S/C27H42N6O5/c1-3-4-5-8-24(36)32-22(15-19-9-11-21(35)12-10-19)26(38)33-16-18(2)14-23(33)25(37)31-20(17-34)7-6-13-30-27(28)29/h9-12,17-18,20,22-23,35H,3-8,13-16H2,1-2H3,(H,31,37)(H,32,36)(H4,28,29,30)/t18-,20-,22-,23-/m0/s1. The van der Waals surface area contributed by atoms with Crippen LogP contribution in [0.25, 0.3) is 0 Å². The van der Waals surface area contributed by atoms with Crippen molar-refractivity contribution in [3.63, 3.8) is 0 Å². The number of phenols is 1. The van der Waals surface area contributed by atoms with Crippen LogP contribution in [0.5, 0.6) is 5.75 Å². The fourth-order valence-electron chi connectivity index (χ4n) is 4.58. The molecule has 0 radical (unpaired) electrons. The Morgan fingerprint density at radius 3 is 2.50 bits per heavy atom. The summed E-state index contributed by atoms with van der Waals surface area (Å²) in [6.07, 6.45) is 5.14. The summed E-state index contributed by atoms with van der Waals surface area (Å²) >= 11 is 0. The van der Waals surface area contributed by atoms with Gasteiger partial charge in [-0.1, -0.05) is 38.8 Å². The first-order chi connectivity index (χ1) is 18.1. The molecule has 1 heterocycles. The maximum absolute atomic E-state index is 13.7. The number of hydrogen-bond acceptors (Lipinski definition) is 6. The number of carbonyl (C=O) groups excluding carboxylic acids is 4. The molecule has 0 aromatic heterocycles. The fourth-order valence-corrected chi connectivity index (χ4v) is 4.58. The van der Waals surface area contributed by atoms with Crippen LogP contribution in [-0.4, -0.2) is 71.2 Å².